The molecule has 0 aliphatic heterocycles. The molecule has 0 unspecified atom stereocenters. The van der Waals surface area contributed by atoms with Crippen molar-refractivity contribution in [3.8, 4) is 11.5 Å². The highest BCUT2D eigenvalue weighted by Crippen LogP contribution is 2.28. The SMILES string of the molecule is CCCOc1ccc(CCC(=O)O)cc1OC. The van der Waals surface area contributed by atoms with Crippen LogP contribution in [0, 0.1) is 0 Å². The summed E-state index contributed by atoms with van der Waals surface area (Å²) in [6, 6.07) is 5.52. The largest absolute Gasteiger partial charge is 0.493 e. The minimum Gasteiger partial charge on any atom is -0.493 e. The van der Waals surface area contributed by atoms with E-state index >= 15 is 0 Å². The third kappa shape index (κ3) is 4.34. The van der Waals surface area contributed by atoms with Gasteiger partial charge in [0.05, 0.1) is 13.7 Å². The van der Waals surface area contributed by atoms with E-state index in [4.69, 9.17) is 14.6 Å². The Morgan fingerprint density at radius 1 is 1.35 bits per heavy atom. The molecule has 0 bridgehead atoms. The van der Waals surface area contributed by atoms with E-state index in [0.717, 1.165) is 12.0 Å². The van der Waals surface area contributed by atoms with Crippen molar-refractivity contribution in [3.63, 3.8) is 0 Å². The van der Waals surface area contributed by atoms with Gasteiger partial charge in [0.1, 0.15) is 0 Å². The first kappa shape index (κ1) is 13.4. The third-order valence-electron chi connectivity index (χ3n) is 2.32. The van der Waals surface area contributed by atoms with E-state index in [9.17, 15) is 4.79 Å². The van der Waals surface area contributed by atoms with Crippen molar-refractivity contribution < 1.29 is 19.4 Å². The Balaban J connectivity index is 2.73. The maximum atomic E-state index is 10.5. The van der Waals surface area contributed by atoms with Gasteiger partial charge < -0.3 is 14.6 Å². The van der Waals surface area contributed by atoms with Gasteiger partial charge in [-0.15, -0.1) is 0 Å². The summed E-state index contributed by atoms with van der Waals surface area (Å²) in [6.45, 7) is 2.68. The van der Waals surface area contributed by atoms with Gasteiger partial charge in [0, 0.05) is 6.42 Å². The van der Waals surface area contributed by atoms with Gasteiger partial charge in [-0.05, 0) is 30.5 Å². The van der Waals surface area contributed by atoms with E-state index in [1.807, 2.05) is 25.1 Å². The van der Waals surface area contributed by atoms with Crippen molar-refractivity contribution in [1.29, 1.82) is 0 Å². The molecule has 0 radical (unpaired) electrons. The standard InChI is InChI=1S/C13H18O4/c1-3-8-17-11-6-4-10(5-7-13(14)15)9-12(11)16-2/h4,6,9H,3,5,7-8H2,1-2H3,(H,14,15). The number of rotatable bonds is 7. The van der Waals surface area contributed by atoms with Gasteiger partial charge in [0.25, 0.3) is 0 Å². The summed E-state index contributed by atoms with van der Waals surface area (Å²) in [5.74, 6) is 0.560. The van der Waals surface area contributed by atoms with Crippen LogP contribution < -0.4 is 9.47 Å². The van der Waals surface area contributed by atoms with Crippen LogP contribution in [0.1, 0.15) is 25.3 Å². The lowest BCUT2D eigenvalue weighted by atomic mass is 10.1. The molecule has 17 heavy (non-hydrogen) atoms. The number of benzene rings is 1. The highest BCUT2D eigenvalue weighted by Gasteiger charge is 2.06. The quantitative estimate of drug-likeness (QED) is 0.793. The highest BCUT2D eigenvalue weighted by molar-refractivity contribution is 5.67. The van der Waals surface area contributed by atoms with E-state index in [-0.39, 0.29) is 6.42 Å². The molecule has 4 nitrogen and oxygen atoms in total. The molecular formula is C13H18O4. The molecule has 0 amide bonds. The average Bonchev–Trinajstić information content (AvgIpc) is 2.34. The number of ether oxygens (including phenoxy) is 2. The fraction of sp³-hybridized carbons (Fsp3) is 0.462. The molecule has 0 aliphatic carbocycles. The summed E-state index contributed by atoms with van der Waals surface area (Å²) in [6.07, 6.45) is 1.56. The number of hydrogen-bond donors (Lipinski definition) is 1. The molecule has 0 spiro atoms. The van der Waals surface area contributed by atoms with E-state index < -0.39 is 5.97 Å². The zero-order valence-electron chi connectivity index (χ0n) is 10.2. The molecule has 0 heterocycles. The van der Waals surface area contributed by atoms with Crippen LogP contribution in [0.4, 0.5) is 0 Å². The molecule has 0 saturated carbocycles. The molecular weight excluding hydrogens is 220 g/mol. The average molecular weight is 238 g/mol. The number of methoxy groups -OCH3 is 1. The van der Waals surface area contributed by atoms with Gasteiger partial charge in [0.2, 0.25) is 0 Å². The van der Waals surface area contributed by atoms with Gasteiger partial charge in [0.15, 0.2) is 11.5 Å². The van der Waals surface area contributed by atoms with Crippen LogP contribution in [0.2, 0.25) is 0 Å². The number of carboxylic acids is 1. The van der Waals surface area contributed by atoms with Crippen molar-refractivity contribution in [2.75, 3.05) is 13.7 Å². The Bertz CT molecular complexity index is 374. The lowest BCUT2D eigenvalue weighted by Gasteiger charge is -2.11. The number of carbonyl (C=O) groups is 1. The van der Waals surface area contributed by atoms with E-state index in [1.165, 1.54) is 0 Å². The molecule has 1 aromatic carbocycles. The molecule has 0 aliphatic rings. The van der Waals surface area contributed by atoms with Crippen molar-refractivity contribution in [2.24, 2.45) is 0 Å². The summed E-state index contributed by atoms with van der Waals surface area (Å²) in [5, 5.41) is 8.62. The lowest BCUT2D eigenvalue weighted by Crippen LogP contribution is -2.00. The number of carboxylic acid groups (broad SMARTS) is 1. The van der Waals surface area contributed by atoms with E-state index in [0.29, 0.717) is 24.5 Å². The highest BCUT2D eigenvalue weighted by atomic mass is 16.5. The summed E-state index contributed by atoms with van der Waals surface area (Å²) in [5.41, 5.74) is 0.938. The minimum atomic E-state index is -0.796. The van der Waals surface area contributed by atoms with Crippen molar-refractivity contribution >= 4 is 5.97 Å². The first-order valence-electron chi connectivity index (χ1n) is 5.69. The van der Waals surface area contributed by atoms with E-state index in [2.05, 4.69) is 0 Å². The van der Waals surface area contributed by atoms with Crippen molar-refractivity contribution in [1.82, 2.24) is 0 Å². The van der Waals surface area contributed by atoms with Crippen LogP contribution in [-0.2, 0) is 11.2 Å². The van der Waals surface area contributed by atoms with Gasteiger partial charge in [-0.25, -0.2) is 0 Å². The van der Waals surface area contributed by atoms with Crippen LogP contribution in [0.5, 0.6) is 11.5 Å². The zero-order valence-corrected chi connectivity index (χ0v) is 10.2. The predicted molar refractivity (Wildman–Crippen MR) is 64.7 cm³/mol. The monoisotopic (exact) mass is 238 g/mol. The van der Waals surface area contributed by atoms with Crippen LogP contribution in [0.3, 0.4) is 0 Å². The summed E-state index contributed by atoms with van der Waals surface area (Å²) >= 11 is 0. The molecule has 0 fully saturated rings. The maximum absolute atomic E-state index is 10.5. The Hall–Kier alpha value is -1.71. The first-order chi connectivity index (χ1) is 8.17. The van der Waals surface area contributed by atoms with E-state index in [1.54, 1.807) is 7.11 Å². The van der Waals surface area contributed by atoms with Crippen molar-refractivity contribution in [3.05, 3.63) is 23.8 Å². The normalized spacial score (nSPS) is 10.0. The summed E-state index contributed by atoms with van der Waals surface area (Å²) in [4.78, 5) is 10.5. The van der Waals surface area contributed by atoms with Crippen molar-refractivity contribution in [2.45, 2.75) is 26.2 Å². The first-order valence-corrected chi connectivity index (χ1v) is 5.69. The number of aliphatic carboxylic acids is 1. The topological polar surface area (TPSA) is 55.8 Å². The van der Waals surface area contributed by atoms with Crippen LogP contribution in [0.15, 0.2) is 18.2 Å². The second kappa shape index (κ2) is 6.78. The van der Waals surface area contributed by atoms with Gasteiger partial charge in [-0.3, -0.25) is 4.79 Å². The summed E-state index contributed by atoms with van der Waals surface area (Å²) < 4.78 is 10.7. The Morgan fingerprint density at radius 3 is 2.71 bits per heavy atom. The fourth-order valence-electron chi connectivity index (χ4n) is 1.45. The Kier molecular flexibility index (Phi) is 5.33. The third-order valence-corrected chi connectivity index (χ3v) is 2.32. The molecule has 1 rings (SSSR count). The molecule has 1 N–H and O–H groups in total. The molecule has 0 atom stereocenters. The van der Waals surface area contributed by atoms with Crippen LogP contribution >= 0.6 is 0 Å². The second-order valence-electron chi connectivity index (χ2n) is 3.73. The number of aryl methyl sites for hydroxylation is 1. The second-order valence-corrected chi connectivity index (χ2v) is 3.73. The zero-order chi connectivity index (χ0) is 12.7. The molecule has 94 valence electrons. The molecule has 0 saturated heterocycles. The van der Waals surface area contributed by atoms with Crippen LogP contribution in [0.25, 0.3) is 0 Å². The Labute approximate surface area is 101 Å². The predicted octanol–water partition coefficient (Wildman–Crippen LogP) is 2.50. The number of hydrogen-bond acceptors (Lipinski definition) is 3. The smallest absolute Gasteiger partial charge is 0.303 e. The molecule has 0 aromatic heterocycles. The lowest BCUT2D eigenvalue weighted by molar-refractivity contribution is -0.136. The molecule has 1 aromatic rings. The minimum absolute atomic E-state index is 0.123. The maximum Gasteiger partial charge on any atom is 0.303 e. The Morgan fingerprint density at radius 2 is 2.12 bits per heavy atom. The molecule has 4 heteroatoms. The van der Waals surface area contributed by atoms with Gasteiger partial charge in [-0.2, -0.15) is 0 Å². The van der Waals surface area contributed by atoms with Gasteiger partial charge >= 0.3 is 5.97 Å². The van der Waals surface area contributed by atoms with Crippen LogP contribution in [-0.4, -0.2) is 24.8 Å². The van der Waals surface area contributed by atoms with Gasteiger partial charge in [-0.1, -0.05) is 13.0 Å². The fourth-order valence-corrected chi connectivity index (χ4v) is 1.45. The summed E-state index contributed by atoms with van der Waals surface area (Å²) in [7, 11) is 1.58.